The minimum atomic E-state index is -3.98. The van der Waals surface area contributed by atoms with Gasteiger partial charge in [-0.05, 0) is 20.8 Å². The molecule has 1 unspecified atom stereocenters. The Kier molecular flexibility index (Phi) is 7.96. The number of phosphoric acid groups is 1. The lowest BCUT2D eigenvalue weighted by molar-refractivity contribution is -0.166. The molecule has 0 aliphatic rings. The normalized spacial score (nSPS) is 14.4. The lowest BCUT2D eigenvalue weighted by Crippen LogP contribution is -2.41. The Morgan fingerprint density at radius 2 is 1.55 bits per heavy atom. The van der Waals surface area contributed by atoms with Crippen LogP contribution in [0.15, 0.2) is 0 Å². The van der Waals surface area contributed by atoms with Crippen LogP contribution in [0.1, 0.15) is 27.2 Å². The Balaban J connectivity index is 5.26. The van der Waals surface area contributed by atoms with E-state index >= 15 is 0 Å². The molecular formula is C11H21O8P. The molecule has 8 nitrogen and oxygen atoms in total. The summed E-state index contributed by atoms with van der Waals surface area (Å²) in [5.74, 6) is -1.61. The van der Waals surface area contributed by atoms with E-state index in [2.05, 4.69) is 9.47 Å². The Labute approximate surface area is 118 Å². The van der Waals surface area contributed by atoms with Gasteiger partial charge in [-0.3, -0.25) is 18.4 Å². The van der Waals surface area contributed by atoms with Gasteiger partial charge in [-0.2, -0.15) is 0 Å². The number of ether oxygens (including phenoxy) is 2. The van der Waals surface area contributed by atoms with E-state index in [1.807, 2.05) is 0 Å². The lowest BCUT2D eigenvalue weighted by atomic mass is 10.0. The highest BCUT2D eigenvalue weighted by atomic mass is 31.2. The van der Waals surface area contributed by atoms with Crippen LogP contribution in [0.4, 0.5) is 0 Å². The molecule has 0 radical (unpaired) electrons. The van der Waals surface area contributed by atoms with Gasteiger partial charge in [-0.15, -0.1) is 0 Å². The van der Waals surface area contributed by atoms with Gasteiger partial charge in [-0.1, -0.05) is 0 Å². The van der Waals surface area contributed by atoms with Crippen molar-refractivity contribution in [2.24, 2.45) is 0 Å². The van der Waals surface area contributed by atoms with Crippen LogP contribution in [0.2, 0.25) is 0 Å². The van der Waals surface area contributed by atoms with Gasteiger partial charge in [0.2, 0.25) is 0 Å². The topological polar surface area (TPSA) is 97.4 Å². The summed E-state index contributed by atoms with van der Waals surface area (Å²) in [5.41, 5.74) is -1.83. The average Bonchev–Trinajstić information content (AvgIpc) is 2.37. The highest BCUT2D eigenvalue weighted by Crippen LogP contribution is 2.53. The second kappa shape index (κ2) is 8.36. The van der Waals surface area contributed by atoms with Gasteiger partial charge in [0.1, 0.15) is 0 Å². The Morgan fingerprint density at radius 3 is 1.90 bits per heavy atom. The molecule has 0 amide bonds. The summed E-state index contributed by atoms with van der Waals surface area (Å²) in [7, 11) is -1.71. The van der Waals surface area contributed by atoms with Crippen LogP contribution in [0.5, 0.6) is 0 Å². The van der Waals surface area contributed by atoms with E-state index in [0.29, 0.717) is 0 Å². The smallest absolute Gasteiger partial charge is 0.469 e. The monoisotopic (exact) mass is 312 g/mol. The zero-order valence-electron chi connectivity index (χ0n) is 12.3. The first kappa shape index (κ1) is 19.1. The molecule has 20 heavy (non-hydrogen) atoms. The number of esters is 2. The Morgan fingerprint density at radius 1 is 1.05 bits per heavy atom. The molecular weight excluding hydrogens is 291 g/mol. The quantitative estimate of drug-likeness (QED) is 0.468. The third-order valence-electron chi connectivity index (χ3n) is 2.21. The molecule has 9 heteroatoms. The second-order valence-electron chi connectivity index (χ2n) is 3.85. The van der Waals surface area contributed by atoms with Crippen molar-refractivity contribution < 1.29 is 37.2 Å². The highest BCUT2D eigenvalue weighted by Gasteiger charge is 2.46. The van der Waals surface area contributed by atoms with Gasteiger partial charge in [0.25, 0.3) is 0 Å². The number of hydrogen-bond donors (Lipinski definition) is 0. The van der Waals surface area contributed by atoms with Gasteiger partial charge in [0, 0.05) is 0 Å². The summed E-state index contributed by atoms with van der Waals surface area (Å²) in [6.45, 7) is 4.52. The molecule has 0 heterocycles. The SMILES string of the molecule is CCOP(=O)(OCC)OC(C)(CC(=O)OC)C(=O)OC. The molecule has 0 aliphatic carbocycles. The fourth-order valence-electron chi connectivity index (χ4n) is 1.36. The van der Waals surface area contributed by atoms with Gasteiger partial charge >= 0.3 is 19.8 Å². The number of phosphoric ester groups is 1. The van der Waals surface area contributed by atoms with Crippen molar-refractivity contribution in [2.75, 3.05) is 27.4 Å². The predicted octanol–water partition coefficient (Wildman–Crippen LogP) is 1.68. The van der Waals surface area contributed by atoms with Crippen LogP contribution in [0.25, 0.3) is 0 Å². The van der Waals surface area contributed by atoms with E-state index < -0.39 is 31.8 Å². The fourth-order valence-corrected chi connectivity index (χ4v) is 2.80. The summed E-state index contributed by atoms with van der Waals surface area (Å²) in [6.07, 6.45) is -0.486. The molecule has 0 aliphatic heterocycles. The van der Waals surface area contributed by atoms with Crippen molar-refractivity contribution in [2.45, 2.75) is 32.8 Å². The summed E-state index contributed by atoms with van der Waals surface area (Å²) in [4.78, 5) is 23.2. The van der Waals surface area contributed by atoms with Gasteiger partial charge in [0.05, 0.1) is 33.9 Å². The first-order chi connectivity index (χ1) is 9.26. The first-order valence-corrected chi connectivity index (χ1v) is 7.48. The van der Waals surface area contributed by atoms with Crippen molar-refractivity contribution in [1.82, 2.24) is 0 Å². The number of carbonyl (C=O) groups excluding carboxylic acids is 2. The van der Waals surface area contributed by atoms with Crippen molar-refractivity contribution in [3.63, 3.8) is 0 Å². The van der Waals surface area contributed by atoms with Crippen LogP contribution in [-0.2, 0) is 37.2 Å². The molecule has 0 fully saturated rings. The minimum absolute atomic E-state index is 0.0484. The average molecular weight is 312 g/mol. The van der Waals surface area contributed by atoms with E-state index in [9.17, 15) is 14.2 Å². The van der Waals surface area contributed by atoms with E-state index in [-0.39, 0.29) is 13.2 Å². The summed E-state index contributed by atoms with van der Waals surface area (Å²) in [6, 6.07) is 0. The maximum Gasteiger partial charge on any atom is 0.475 e. The Hall–Kier alpha value is -0.950. The van der Waals surface area contributed by atoms with Crippen LogP contribution < -0.4 is 0 Å². The zero-order chi connectivity index (χ0) is 15.8. The van der Waals surface area contributed by atoms with Crippen LogP contribution in [0.3, 0.4) is 0 Å². The molecule has 0 saturated heterocycles. The largest absolute Gasteiger partial charge is 0.475 e. The third kappa shape index (κ3) is 5.58. The summed E-state index contributed by atoms with van der Waals surface area (Å²) in [5, 5.41) is 0. The van der Waals surface area contributed by atoms with E-state index in [4.69, 9.17) is 13.6 Å². The van der Waals surface area contributed by atoms with Gasteiger partial charge in [-0.25, -0.2) is 9.36 Å². The summed E-state index contributed by atoms with van der Waals surface area (Å²) >= 11 is 0. The molecule has 1 atom stereocenters. The van der Waals surface area contributed by atoms with Crippen molar-refractivity contribution in [1.29, 1.82) is 0 Å². The zero-order valence-corrected chi connectivity index (χ0v) is 13.2. The van der Waals surface area contributed by atoms with Crippen LogP contribution in [0, 0.1) is 0 Å². The molecule has 0 spiro atoms. The van der Waals surface area contributed by atoms with Crippen molar-refractivity contribution >= 4 is 19.8 Å². The molecule has 0 aromatic carbocycles. The molecule has 0 aromatic rings. The molecule has 0 bridgehead atoms. The number of carbonyl (C=O) groups is 2. The number of rotatable bonds is 9. The Bertz CT molecular complexity index is 373. The molecule has 118 valence electrons. The van der Waals surface area contributed by atoms with Crippen molar-refractivity contribution in [3.05, 3.63) is 0 Å². The summed E-state index contributed by atoms with van der Waals surface area (Å²) < 4.78 is 36.3. The third-order valence-corrected chi connectivity index (χ3v) is 3.99. The van der Waals surface area contributed by atoms with Gasteiger partial charge < -0.3 is 9.47 Å². The van der Waals surface area contributed by atoms with E-state index in [1.54, 1.807) is 13.8 Å². The molecule has 0 rings (SSSR count). The number of methoxy groups -OCH3 is 2. The minimum Gasteiger partial charge on any atom is -0.469 e. The van der Waals surface area contributed by atoms with Crippen LogP contribution in [-0.4, -0.2) is 45.0 Å². The molecule has 0 saturated carbocycles. The van der Waals surface area contributed by atoms with E-state index in [0.717, 1.165) is 14.2 Å². The molecule has 0 N–H and O–H groups in total. The molecule has 0 aromatic heterocycles. The first-order valence-electron chi connectivity index (χ1n) is 6.02. The fraction of sp³-hybridized carbons (Fsp3) is 0.818. The predicted molar refractivity (Wildman–Crippen MR) is 69.0 cm³/mol. The van der Waals surface area contributed by atoms with Gasteiger partial charge in [0.15, 0.2) is 5.60 Å². The standard InChI is InChI=1S/C11H21O8P/c1-6-17-20(14,18-7-2)19-11(3,10(13)16-5)8-9(12)15-4/h6-8H2,1-5H3. The maximum absolute atomic E-state index is 12.3. The number of hydrogen-bond acceptors (Lipinski definition) is 8. The second-order valence-corrected chi connectivity index (χ2v) is 5.44. The lowest BCUT2D eigenvalue weighted by Gasteiger charge is -2.29. The maximum atomic E-state index is 12.3. The van der Waals surface area contributed by atoms with Crippen LogP contribution >= 0.6 is 7.82 Å². The van der Waals surface area contributed by atoms with Crippen molar-refractivity contribution in [3.8, 4) is 0 Å². The van der Waals surface area contributed by atoms with E-state index in [1.165, 1.54) is 6.92 Å². The highest BCUT2D eigenvalue weighted by molar-refractivity contribution is 7.48.